The summed E-state index contributed by atoms with van der Waals surface area (Å²) in [4.78, 5) is 11.7. The van der Waals surface area contributed by atoms with Crippen molar-refractivity contribution in [3.8, 4) is 0 Å². The Morgan fingerprint density at radius 1 is 1.39 bits per heavy atom. The van der Waals surface area contributed by atoms with E-state index in [2.05, 4.69) is 5.32 Å². The minimum atomic E-state index is -0.905. The number of hydrogen-bond acceptors (Lipinski definition) is 2. The first kappa shape index (κ1) is 13.2. The van der Waals surface area contributed by atoms with Crippen molar-refractivity contribution in [3.63, 3.8) is 0 Å². The zero-order chi connectivity index (χ0) is 13.4. The van der Waals surface area contributed by atoms with E-state index >= 15 is 0 Å². The average molecular weight is 268 g/mol. The quantitative estimate of drug-likeness (QED) is 0.876. The van der Waals surface area contributed by atoms with Gasteiger partial charge in [-0.3, -0.25) is 0 Å². The summed E-state index contributed by atoms with van der Waals surface area (Å²) in [5.41, 5.74) is -0.418. The van der Waals surface area contributed by atoms with Gasteiger partial charge in [0.2, 0.25) is 0 Å². The molecule has 0 heterocycles. The normalized spacial score (nSPS) is 25.9. The summed E-state index contributed by atoms with van der Waals surface area (Å²) in [5.74, 6) is -0.787. The molecule has 0 aliphatic heterocycles. The number of carboxylic acid groups (broad SMARTS) is 1. The molecule has 4 heteroatoms. The number of hydrogen-bond donors (Lipinski definition) is 2. The number of carbonyl (C=O) groups is 1. The third-order valence-corrected chi connectivity index (χ3v) is 4.29. The van der Waals surface area contributed by atoms with Crippen LogP contribution in [-0.2, 0) is 4.79 Å². The second-order valence-electron chi connectivity index (χ2n) is 5.58. The molecule has 18 heavy (non-hydrogen) atoms. The largest absolute Gasteiger partial charge is 0.479 e. The topological polar surface area (TPSA) is 49.3 Å². The first-order chi connectivity index (χ1) is 8.37. The van der Waals surface area contributed by atoms with Crippen LogP contribution in [0.25, 0.3) is 0 Å². The van der Waals surface area contributed by atoms with Crippen LogP contribution in [0, 0.1) is 5.41 Å². The maximum Gasteiger partial charge on any atom is 0.329 e. The molecule has 98 valence electrons. The monoisotopic (exact) mass is 267 g/mol. The van der Waals surface area contributed by atoms with Gasteiger partial charge < -0.3 is 10.4 Å². The van der Waals surface area contributed by atoms with Gasteiger partial charge in [0, 0.05) is 10.7 Å². The van der Waals surface area contributed by atoms with Crippen molar-refractivity contribution in [3.05, 3.63) is 29.3 Å². The van der Waals surface area contributed by atoms with Gasteiger partial charge in [-0.2, -0.15) is 0 Å². The molecule has 1 fully saturated rings. The second kappa shape index (κ2) is 4.47. The van der Waals surface area contributed by atoms with Gasteiger partial charge in [-0.1, -0.05) is 31.5 Å². The second-order valence-corrected chi connectivity index (χ2v) is 6.02. The van der Waals surface area contributed by atoms with Crippen LogP contribution in [0.2, 0.25) is 5.02 Å². The van der Waals surface area contributed by atoms with Crippen LogP contribution in [-0.4, -0.2) is 16.6 Å². The van der Waals surface area contributed by atoms with E-state index in [4.69, 9.17) is 11.6 Å². The molecule has 0 aromatic heterocycles. The third-order valence-electron chi connectivity index (χ3n) is 4.06. The Balaban J connectivity index is 2.36. The van der Waals surface area contributed by atoms with Crippen molar-refractivity contribution in [2.24, 2.45) is 5.41 Å². The lowest BCUT2D eigenvalue weighted by atomic mass is 9.74. The molecule has 2 N–H and O–H groups in total. The smallest absolute Gasteiger partial charge is 0.329 e. The van der Waals surface area contributed by atoms with E-state index in [0.29, 0.717) is 11.4 Å². The van der Waals surface area contributed by atoms with Gasteiger partial charge in [0.1, 0.15) is 5.54 Å². The fraction of sp³-hybridized carbons (Fsp3) is 0.500. The number of carboxylic acids is 1. The summed E-state index contributed by atoms with van der Waals surface area (Å²) in [5, 5.41) is 13.4. The Bertz CT molecular complexity index is 473. The molecule has 0 saturated heterocycles. The van der Waals surface area contributed by atoms with E-state index in [1.165, 1.54) is 0 Å². The molecule has 0 bridgehead atoms. The number of benzene rings is 1. The van der Waals surface area contributed by atoms with Gasteiger partial charge in [0.15, 0.2) is 0 Å². The van der Waals surface area contributed by atoms with E-state index < -0.39 is 11.5 Å². The van der Waals surface area contributed by atoms with E-state index in [9.17, 15) is 9.90 Å². The highest BCUT2D eigenvalue weighted by atomic mass is 35.5. The highest BCUT2D eigenvalue weighted by molar-refractivity contribution is 6.30. The van der Waals surface area contributed by atoms with Crippen LogP contribution in [0.1, 0.15) is 33.1 Å². The lowest BCUT2D eigenvalue weighted by Gasteiger charge is -2.39. The van der Waals surface area contributed by atoms with Gasteiger partial charge in [-0.25, -0.2) is 4.79 Å². The number of nitrogens with one attached hydrogen (secondary N) is 1. The molecule has 1 aromatic carbocycles. The third kappa shape index (κ3) is 2.07. The van der Waals surface area contributed by atoms with Crippen molar-refractivity contribution in [1.82, 2.24) is 0 Å². The minimum absolute atomic E-state index is 0.277. The lowest BCUT2D eigenvalue weighted by molar-refractivity contribution is -0.145. The predicted octanol–water partition coefficient (Wildman–Crippen LogP) is 3.79. The zero-order valence-electron chi connectivity index (χ0n) is 10.7. The molecule has 1 unspecified atom stereocenters. The Kier molecular flexibility index (Phi) is 3.28. The van der Waals surface area contributed by atoms with Crippen molar-refractivity contribution in [1.29, 1.82) is 0 Å². The first-order valence-electron chi connectivity index (χ1n) is 6.15. The summed E-state index contributed by atoms with van der Waals surface area (Å²) in [6.07, 6.45) is 2.47. The lowest BCUT2D eigenvalue weighted by Crippen LogP contribution is -2.53. The van der Waals surface area contributed by atoms with Crippen LogP contribution < -0.4 is 5.32 Å². The molecule has 0 radical (unpaired) electrons. The summed E-state index contributed by atoms with van der Waals surface area (Å²) in [6, 6.07) is 7.22. The van der Waals surface area contributed by atoms with E-state index in [0.717, 1.165) is 18.5 Å². The fourth-order valence-corrected chi connectivity index (χ4v) is 3.03. The fourth-order valence-electron chi connectivity index (χ4n) is 2.84. The van der Waals surface area contributed by atoms with E-state index in [-0.39, 0.29) is 5.41 Å². The van der Waals surface area contributed by atoms with E-state index in [1.807, 2.05) is 26.0 Å². The molecule has 0 spiro atoms. The molecular weight excluding hydrogens is 250 g/mol. The van der Waals surface area contributed by atoms with Gasteiger partial charge in [0.25, 0.3) is 0 Å². The van der Waals surface area contributed by atoms with Gasteiger partial charge in [0.05, 0.1) is 0 Å². The Morgan fingerprint density at radius 2 is 2.11 bits per heavy atom. The van der Waals surface area contributed by atoms with Crippen LogP contribution in [0.15, 0.2) is 24.3 Å². The number of anilines is 1. The SMILES string of the molecule is CC1(C)CCCC1(Nc1cccc(Cl)c1)C(=O)O. The predicted molar refractivity (Wildman–Crippen MR) is 73.1 cm³/mol. The van der Waals surface area contributed by atoms with Crippen molar-refractivity contribution >= 4 is 23.3 Å². The van der Waals surface area contributed by atoms with Crippen LogP contribution in [0.4, 0.5) is 5.69 Å². The summed E-state index contributed by atoms with van der Waals surface area (Å²) >= 11 is 5.94. The van der Waals surface area contributed by atoms with E-state index in [1.54, 1.807) is 12.1 Å². The number of aliphatic carboxylic acids is 1. The Morgan fingerprint density at radius 3 is 2.61 bits per heavy atom. The Labute approximate surface area is 112 Å². The maximum atomic E-state index is 11.7. The van der Waals surface area contributed by atoms with Crippen molar-refractivity contribution < 1.29 is 9.90 Å². The number of halogens is 1. The highest BCUT2D eigenvalue weighted by Gasteiger charge is 2.54. The summed E-state index contributed by atoms with van der Waals surface area (Å²) in [7, 11) is 0. The average Bonchev–Trinajstić information content (AvgIpc) is 2.55. The van der Waals surface area contributed by atoms with Gasteiger partial charge >= 0.3 is 5.97 Å². The molecule has 0 amide bonds. The Hall–Kier alpha value is -1.22. The van der Waals surface area contributed by atoms with Crippen LogP contribution in [0.3, 0.4) is 0 Å². The molecular formula is C14H18ClNO2. The van der Waals surface area contributed by atoms with Crippen LogP contribution >= 0.6 is 11.6 Å². The molecule has 2 rings (SSSR count). The molecule has 1 aliphatic rings. The summed E-state index contributed by atoms with van der Waals surface area (Å²) < 4.78 is 0. The molecule has 1 aliphatic carbocycles. The summed E-state index contributed by atoms with van der Waals surface area (Å²) in [6.45, 7) is 4.01. The zero-order valence-corrected chi connectivity index (χ0v) is 11.4. The standard InChI is InChI=1S/C14H18ClNO2/c1-13(2)7-4-8-14(13,12(17)18)16-11-6-3-5-10(15)9-11/h3,5-6,9,16H,4,7-8H2,1-2H3,(H,17,18). The first-order valence-corrected chi connectivity index (χ1v) is 6.52. The molecule has 1 aromatic rings. The molecule has 3 nitrogen and oxygen atoms in total. The van der Waals surface area contributed by atoms with Crippen molar-refractivity contribution in [2.75, 3.05) is 5.32 Å². The maximum absolute atomic E-state index is 11.7. The highest BCUT2D eigenvalue weighted by Crippen LogP contribution is 2.48. The van der Waals surface area contributed by atoms with Crippen LogP contribution in [0.5, 0.6) is 0 Å². The number of rotatable bonds is 3. The molecule has 1 atom stereocenters. The van der Waals surface area contributed by atoms with Gasteiger partial charge in [-0.15, -0.1) is 0 Å². The van der Waals surface area contributed by atoms with Crippen molar-refractivity contribution in [2.45, 2.75) is 38.6 Å². The minimum Gasteiger partial charge on any atom is -0.479 e. The molecule has 1 saturated carbocycles. The van der Waals surface area contributed by atoms with Gasteiger partial charge in [-0.05, 0) is 42.9 Å².